The Morgan fingerprint density at radius 2 is 2.05 bits per heavy atom. The third kappa shape index (κ3) is 4.77. The second-order valence-corrected chi connectivity index (χ2v) is 5.26. The third-order valence-corrected chi connectivity index (χ3v) is 3.43. The quantitative estimate of drug-likeness (QED) is 0.418. The molecule has 1 unspecified atom stereocenters. The lowest BCUT2D eigenvalue weighted by atomic mass is 10.00. The van der Waals surface area contributed by atoms with Crippen molar-refractivity contribution in [1.82, 2.24) is 0 Å². The summed E-state index contributed by atoms with van der Waals surface area (Å²) in [6, 6.07) is 11.5. The fourth-order valence-electron chi connectivity index (χ4n) is 1.61. The highest BCUT2D eigenvalue weighted by molar-refractivity contribution is 14.0. The topological polar surface area (TPSA) is 70.6 Å². The molecule has 0 saturated carbocycles. The molecule has 20 heavy (non-hydrogen) atoms. The normalized spacial score (nSPS) is 14.2. The van der Waals surface area contributed by atoms with E-state index in [1.807, 2.05) is 47.2 Å². The number of hydrogen-bond donors (Lipinski definition) is 3. The van der Waals surface area contributed by atoms with Crippen LogP contribution in [0.3, 0.4) is 0 Å². The molecule has 1 atom stereocenters. The van der Waals surface area contributed by atoms with Crippen molar-refractivity contribution in [1.29, 1.82) is 0 Å². The Morgan fingerprint density at radius 1 is 1.35 bits per heavy atom. The van der Waals surface area contributed by atoms with Gasteiger partial charge in [0.1, 0.15) is 5.60 Å². The van der Waals surface area contributed by atoms with Crippen LogP contribution in [0.4, 0.5) is 5.69 Å². The van der Waals surface area contributed by atoms with Gasteiger partial charge in [0.15, 0.2) is 5.96 Å². The summed E-state index contributed by atoms with van der Waals surface area (Å²) in [6.07, 6.45) is 0. The number of nitrogens with one attached hydrogen (secondary N) is 1. The zero-order valence-corrected chi connectivity index (χ0v) is 14.3. The van der Waals surface area contributed by atoms with Crippen molar-refractivity contribution < 1.29 is 5.11 Å². The molecule has 0 saturated heterocycles. The predicted octanol–water partition coefficient (Wildman–Crippen LogP) is 3.00. The molecule has 108 valence electrons. The number of para-hydroxylation sites is 1. The van der Waals surface area contributed by atoms with E-state index in [4.69, 9.17) is 5.73 Å². The molecule has 0 spiro atoms. The first-order valence-corrected chi connectivity index (χ1v) is 6.89. The van der Waals surface area contributed by atoms with Crippen molar-refractivity contribution in [3.05, 3.63) is 52.7 Å². The lowest BCUT2D eigenvalue weighted by molar-refractivity contribution is 0.0678. The van der Waals surface area contributed by atoms with Gasteiger partial charge < -0.3 is 16.2 Å². The molecule has 1 aromatic carbocycles. The van der Waals surface area contributed by atoms with Crippen molar-refractivity contribution in [2.45, 2.75) is 12.5 Å². The van der Waals surface area contributed by atoms with Gasteiger partial charge in [-0.2, -0.15) is 11.3 Å². The Morgan fingerprint density at radius 3 is 2.65 bits per heavy atom. The summed E-state index contributed by atoms with van der Waals surface area (Å²) in [5.41, 5.74) is 6.53. The highest BCUT2D eigenvalue weighted by Crippen LogP contribution is 2.23. The maximum absolute atomic E-state index is 10.3. The fraction of sp³-hybridized carbons (Fsp3) is 0.214. The average Bonchev–Trinajstić information content (AvgIpc) is 2.92. The van der Waals surface area contributed by atoms with E-state index in [1.165, 1.54) is 0 Å². The number of nitrogens with two attached hydrogens (primary N) is 1. The summed E-state index contributed by atoms with van der Waals surface area (Å²) in [7, 11) is 0. The molecule has 0 aliphatic heterocycles. The monoisotopic (exact) mass is 403 g/mol. The molecule has 2 aromatic rings. The van der Waals surface area contributed by atoms with E-state index in [1.54, 1.807) is 18.3 Å². The van der Waals surface area contributed by atoms with Gasteiger partial charge in [-0.15, -0.1) is 24.0 Å². The van der Waals surface area contributed by atoms with Gasteiger partial charge in [-0.3, -0.25) is 0 Å². The number of rotatable bonds is 4. The Kier molecular flexibility index (Phi) is 6.44. The van der Waals surface area contributed by atoms with Gasteiger partial charge in [0, 0.05) is 5.69 Å². The van der Waals surface area contributed by atoms with Crippen LogP contribution < -0.4 is 11.1 Å². The SMILES string of the molecule is CC(O)(CN=C(N)Nc1ccccc1)c1ccsc1.I. The molecular formula is C14H18IN3OS. The molecule has 1 heterocycles. The van der Waals surface area contributed by atoms with E-state index in [-0.39, 0.29) is 30.5 Å². The van der Waals surface area contributed by atoms with Crippen molar-refractivity contribution in [2.24, 2.45) is 10.7 Å². The number of aliphatic hydroxyl groups is 1. The smallest absolute Gasteiger partial charge is 0.193 e. The minimum atomic E-state index is -0.997. The standard InChI is InChI=1S/C14H17N3OS.HI/c1-14(18,11-7-8-19-9-11)10-16-13(15)17-12-5-3-2-4-6-12;/h2-9,18H,10H2,1H3,(H3,15,16,17);1H. The van der Waals surface area contributed by atoms with Gasteiger partial charge in [-0.1, -0.05) is 18.2 Å². The summed E-state index contributed by atoms with van der Waals surface area (Å²) >= 11 is 1.55. The van der Waals surface area contributed by atoms with Crippen LogP contribution in [0.15, 0.2) is 52.2 Å². The molecule has 1 aromatic heterocycles. The van der Waals surface area contributed by atoms with E-state index in [9.17, 15) is 5.11 Å². The number of halogens is 1. The van der Waals surface area contributed by atoms with Crippen molar-refractivity contribution >= 4 is 47.0 Å². The molecule has 0 amide bonds. The van der Waals surface area contributed by atoms with Crippen LogP contribution in [0.2, 0.25) is 0 Å². The lowest BCUT2D eigenvalue weighted by Crippen LogP contribution is -2.29. The van der Waals surface area contributed by atoms with Crippen LogP contribution >= 0.6 is 35.3 Å². The van der Waals surface area contributed by atoms with Gasteiger partial charge in [0.25, 0.3) is 0 Å². The Bertz CT molecular complexity index is 541. The average molecular weight is 403 g/mol. The van der Waals surface area contributed by atoms with Crippen LogP contribution in [0.5, 0.6) is 0 Å². The van der Waals surface area contributed by atoms with Crippen LogP contribution in [-0.2, 0) is 5.60 Å². The second-order valence-electron chi connectivity index (χ2n) is 4.48. The largest absolute Gasteiger partial charge is 0.383 e. The molecule has 0 fully saturated rings. The highest BCUT2D eigenvalue weighted by Gasteiger charge is 2.23. The molecule has 0 aliphatic carbocycles. The van der Waals surface area contributed by atoms with Crippen molar-refractivity contribution in [3.63, 3.8) is 0 Å². The van der Waals surface area contributed by atoms with E-state index < -0.39 is 5.60 Å². The van der Waals surface area contributed by atoms with Crippen molar-refractivity contribution in [3.8, 4) is 0 Å². The molecule has 4 nitrogen and oxygen atoms in total. The van der Waals surface area contributed by atoms with Gasteiger partial charge in [0.2, 0.25) is 0 Å². The Balaban J connectivity index is 0.00000200. The van der Waals surface area contributed by atoms with Crippen LogP contribution in [0.25, 0.3) is 0 Å². The number of hydrogen-bond acceptors (Lipinski definition) is 3. The maximum atomic E-state index is 10.3. The van der Waals surface area contributed by atoms with Crippen LogP contribution in [0.1, 0.15) is 12.5 Å². The first-order valence-electron chi connectivity index (χ1n) is 5.95. The number of benzene rings is 1. The lowest BCUT2D eigenvalue weighted by Gasteiger charge is -2.20. The summed E-state index contributed by atoms with van der Waals surface area (Å²) in [5, 5.41) is 17.1. The van der Waals surface area contributed by atoms with Gasteiger partial charge in [-0.25, -0.2) is 4.99 Å². The summed E-state index contributed by atoms with van der Waals surface area (Å²) in [5.74, 6) is 0.293. The Labute approximate surface area is 139 Å². The van der Waals surface area contributed by atoms with Gasteiger partial charge >= 0.3 is 0 Å². The summed E-state index contributed by atoms with van der Waals surface area (Å²) in [4.78, 5) is 4.19. The molecule has 0 aliphatic rings. The van der Waals surface area contributed by atoms with Crippen molar-refractivity contribution in [2.75, 3.05) is 11.9 Å². The fourth-order valence-corrected chi connectivity index (χ4v) is 2.39. The highest BCUT2D eigenvalue weighted by atomic mass is 127. The first-order chi connectivity index (χ1) is 9.08. The Hall–Kier alpha value is -1.12. The molecular weight excluding hydrogens is 385 g/mol. The number of thiophene rings is 1. The van der Waals surface area contributed by atoms with Gasteiger partial charge in [-0.05, 0) is 41.4 Å². The molecule has 0 bridgehead atoms. The minimum Gasteiger partial charge on any atom is -0.383 e. The van der Waals surface area contributed by atoms with Gasteiger partial charge in [0.05, 0.1) is 6.54 Å². The molecule has 6 heteroatoms. The maximum Gasteiger partial charge on any atom is 0.193 e. The number of guanidine groups is 1. The molecule has 0 radical (unpaired) electrons. The number of nitrogens with zero attached hydrogens (tertiary/aromatic N) is 1. The predicted molar refractivity (Wildman–Crippen MR) is 95.9 cm³/mol. The molecule has 2 rings (SSSR count). The van der Waals surface area contributed by atoms with Crippen LogP contribution in [0, 0.1) is 0 Å². The summed E-state index contributed by atoms with van der Waals surface area (Å²) in [6.45, 7) is 1.95. The van der Waals surface area contributed by atoms with E-state index in [0.717, 1.165) is 11.3 Å². The summed E-state index contributed by atoms with van der Waals surface area (Å²) < 4.78 is 0. The number of anilines is 1. The van der Waals surface area contributed by atoms with E-state index >= 15 is 0 Å². The first kappa shape index (κ1) is 16.9. The zero-order chi connectivity index (χ0) is 13.7. The van der Waals surface area contributed by atoms with Crippen LogP contribution in [-0.4, -0.2) is 17.6 Å². The second kappa shape index (κ2) is 7.61. The zero-order valence-electron chi connectivity index (χ0n) is 11.1. The number of aliphatic imine (C=N–C) groups is 1. The third-order valence-electron chi connectivity index (χ3n) is 2.75. The minimum absolute atomic E-state index is 0. The van der Waals surface area contributed by atoms with E-state index in [0.29, 0.717) is 5.96 Å². The van der Waals surface area contributed by atoms with E-state index in [2.05, 4.69) is 10.3 Å². The molecule has 4 N–H and O–H groups in total.